The van der Waals surface area contributed by atoms with Crippen molar-refractivity contribution in [1.29, 1.82) is 0 Å². The Morgan fingerprint density at radius 3 is 2.54 bits per heavy atom. The molecule has 1 rings (SSSR count). The molecule has 0 spiro atoms. The number of nitrogens with one attached hydrogen (secondary N) is 1. The first-order valence-electron chi connectivity index (χ1n) is 5.91. The maximum atomic E-state index is 3.45. The lowest BCUT2D eigenvalue weighted by molar-refractivity contribution is 0.343. The third-order valence-corrected chi connectivity index (χ3v) is 3.34. The molecule has 1 fully saturated rings. The predicted octanol–water partition coefficient (Wildman–Crippen LogP) is 3.06. The van der Waals surface area contributed by atoms with Crippen molar-refractivity contribution in [2.75, 3.05) is 13.1 Å². The Balaban J connectivity index is 2.06. The molecule has 1 heterocycles. The van der Waals surface area contributed by atoms with Gasteiger partial charge in [0.1, 0.15) is 0 Å². The van der Waals surface area contributed by atoms with Crippen LogP contribution in [0.15, 0.2) is 0 Å². The van der Waals surface area contributed by atoms with E-state index in [0.29, 0.717) is 0 Å². The van der Waals surface area contributed by atoms with Gasteiger partial charge in [-0.2, -0.15) is 0 Å². The van der Waals surface area contributed by atoms with Crippen LogP contribution in [0.5, 0.6) is 0 Å². The highest BCUT2D eigenvalue weighted by molar-refractivity contribution is 4.75. The van der Waals surface area contributed by atoms with Gasteiger partial charge in [0.15, 0.2) is 0 Å². The fourth-order valence-corrected chi connectivity index (χ4v) is 2.25. The van der Waals surface area contributed by atoms with Crippen LogP contribution in [0.1, 0.15) is 46.5 Å². The van der Waals surface area contributed by atoms with E-state index in [1.54, 1.807) is 0 Å². The van der Waals surface area contributed by atoms with Gasteiger partial charge in [-0.05, 0) is 37.3 Å². The van der Waals surface area contributed by atoms with Gasteiger partial charge in [0.25, 0.3) is 0 Å². The van der Waals surface area contributed by atoms with E-state index >= 15 is 0 Å². The minimum Gasteiger partial charge on any atom is -0.316 e. The van der Waals surface area contributed by atoms with Crippen molar-refractivity contribution in [2.45, 2.75) is 46.5 Å². The van der Waals surface area contributed by atoms with Gasteiger partial charge in [0, 0.05) is 0 Å². The normalized spacial score (nSPS) is 25.4. The van der Waals surface area contributed by atoms with Crippen molar-refractivity contribution in [2.24, 2.45) is 17.8 Å². The lowest BCUT2D eigenvalue weighted by atomic mass is 9.88. The maximum Gasteiger partial charge on any atom is -0.00175 e. The van der Waals surface area contributed by atoms with Gasteiger partial charge in [-0.25, -0.2) is 0 Å². The van der Waals surface area contributed by atoms with Gasteiger partial charge in [0.2, 0.25) is 0 Å². The Morgan fingerprint density at radius 1 is 1.23 bits per heavy atom. The third-order valence-electron chi connectivity index (χ3n) is 3.34. The van der Waals surface area contributed by atoms with Crippen molar-refractivity contribution in [3.05, 3.63) is 0 Å². The van der Waals surface area contributed by atoms with Crippen molar-refractivity contribution in [1.82, 2.24) is 5.32 Å². The summed E-state index contributed by atoms with van der Waals surface area (Å²) < 4.78 is 0. The summed E-state index contributed by atoms with van der Waals surface area (Å²) in [6.07, 6.45) is 5.67. The second kappa shape index (κ2) is 5.64. The molecule has 78 valence electrons. The van der Waals surface area contributed by atoms with Crippen LogP contribution in [0, 0.1) is 17.8 Å². The van der Waals surface area contributed by atoms with E-state index in [0.717, 1.165) is 17.8 Å². The highest BCUT2D eigenvalue weighted by Crippen LogP contribution is 2.24. The zero-order chi connectivity index (χ0) is 9.68. The lowest BCUT2D eigenvalue weighted by Gasteiger charge is -2.18. The molecule has 0 aromatic heterocycles. The van der Waals surface area contributed by atoms with Crippen LogP contribution < -0.4 is 5.32 Å². The minimum absolute atomic E-state index is 0.883. The van der Waals surface area contributed by atoms with Crippen LogP contribution in [0.25, 0.3) is 0 Å². The van der Waals surface area contributed by atoms with Gasteiger partial charge in [-0.3, -0.25) is 0 Å². The predicted molar refractivity (Wildman–Crippen MR) is 58.8 cm³/mol. The molecule has 0 saturated carbocycles. The van der Waals surface area contributed by atoms with Crippen molar-refractivity contribution in [3.8, 4) is 0 Å². The molecule has 0 radical (unpaired) electrons. The summed E-state index contributed by atoms with van der Waals surface area (Å²) >= 11 is 0. The van der Waals surface area contributed by atoms with Crippen LogP contribution in [-0.2, 0) is 0 Å². The molecule has 1 N–H and O–H groups in total. The van der Waals surface area contributed by atoms with E-state index in [9.17, 15) is 0 Å². The van der Waals surface area contributed by atoms with Crippen LogP contribution in [-0.4, -0.2) is 13.1 Å². The zero-order valence-corrected chi connectivity index (χ0v) is 9.47. The molecule has 0 aromatic carbocycles. The highest BCUT2D eigenvalue weighted by atomic mass is 14.9. The van der Waals surface area contributed by atoms with Crippen LogP contribution in [0.3, 0.4) is 0 Å². The average molecular weight is 183 g/mol. The maximum absolute atomic E-state index is 3.45. The quantitative estimate of drug-likeness (QED) is 0.691. The van der Waals surface area contributed by atoms with Crippen LogP contribution in [0.4, 0.5) is 0 Å². The van der Waals surface area contributed by atoms with E-state index < -0.39 is 0 Å². The van der Waals surface area contributed by atoms with Gasteiger partial charge in [0.05, 0.1) is 0 Å². The van der Waals surface area contributed by atoms with Crippen LogP contribution in [0.2, 0.25) is 0 Å². The Bertz CT molecular complexity index is 125. The summed E-state index contributed by atoms with van der Waals surface area (Å²) in [6.45, 7) is 9.59. The zero-order valence-electron chi connectivity index (χ0n) is 9.47. The average Bonchev–Trinajstić information content (AvgIpc) is 2.55. The fraction of sp³-hybridized carbons (Fsp3) is 1.00. The molecule has 0 bridgehead atoms. The Kier molecular flexibility index (Phi) is 4.79. The molecule has 2 unspecified atom stereocenters. The van der Waals surface area contributed by atoms with Crippen LogP contribution >= 0.6 is 0 Å². The smallest absolute Gasteiger partial charge is 0.00175 e. The summed E-state index contributed by atoms with van der Waals surface area (Å²) in [5.74, 6) is 2.79. The SMILES string of the molecule is CC(C)CCCC(C)C1CCNC1. The largest absolute Gasteiger partial charge is 0.316 e. The first-order valence-corrected chi connectivity index (χ1v) is 5.91. The molecule has 0 aromatic rings. The van der Waals surface area contributed by atoms with Gasteiger partial charge < -0.3 is 5.32 Å². The minimum atomic E-state index is 0.883. The molecular weight excluding hydrogens is 158 g/mol. The summed E-state index contributed by atoms with van der Waals surface area (Å²) in [7, 11) is 0. The molecule has 1 aliphatic rings. The number of hydrogen-bond donors (Lipinski definition) is 1. The molecule has 1 heteroatoms. The molecule has 0 aliphatic carbocycles. The molecule has 0 amide bonds. The summed E-state index contributed by atoms with van der Waals surface area (Å²) in [4.78, 5) is 0. The van der Waals surface area contributed by atoms with Crippen molar-refractivity contribution in [3.63, 3.8) is 0 Å². The number of rotatable bonds is 5. The lowest BCUT2D eigenvalue weighted by Crippen LogP contribution is -2.15. The summed E-state index contributed by atoms with van der Waals surface area (Å²) in [5, 5.41) is 3.45. The summed E-state index contributed by atoms with van der Waals surface area (Å²) in [5.41, 5.74) is 0. The molecule has 13 heavy (non-hydrogen) atoms. The van der Waals surface area contributed by atoms with E-state index in [1.165, 1.54) is 38.8 Å². The van der Waals surface area contributed by atoms with E-state index in [-0.39, 0.29) is 0 Å². The molecule has 1 saturated heterocycles. The second-order valence-electron chi connectivity index (χ2n) is 5.05. The topological polar surface area (TPSA) is 12.0 Å². The molecule has 2 atom stereocenters. The highest BCUT2D eigenvalue weighted by Gasteiger charge is 2.20. The van der Waals surface area contributed by atoms with E-state index in [1.807, 2.05) is 0 Å². The third kappa shape index (κ3) is 4.12. The Labute approximate surface area is 83.3 Å². The molecule has 1 nitrogen and oxygen atoms in total. The van der Waals surface area contributed by atoms with E-state index in [2.05, 4.69) is 26.1 Å². The second-order valence-corrected chi connectivity index (χ2v) is 5.05. The molecule has 1 aliphatic heterocycles. The molecular formula is C12H25N. The van der Waals surface area contributed by atoms with Crippen molar-refractivity contribution < 1.29 is 0 Å². The standard InChI is InChI=1S/C12H25N/c1-10(2)5-4-6-11(3)12-7-8-13-9-12/h10-13H,4-9H2,1-3H3. The summed E-state index contributed by atoms with van der Waals surface area (Å²) in [6, 6.07) is 0. The van der Waals surface area contributed by atoms with Gasteiger partial charge >= 0.3 is 0 Å². The Morgan fingerprint density at radius 2 is 2.00 bits per heavy atom. The fourth-order valence-electron chi connectivity index (χ4n) is 2.25. The van der Waals surface area contributed by atoms with E-state index in [4.69, 9.17) is 0 Å². The monoisotopic (exact) mass is 183 g/mol. The first kappa shape index (κ1) is 11.0. The first-order chi connectivity index (χ1) is 6.20. The van der Waals surface area contributed by atoms with Gasteiger partial charge in [-0.15, -0.1) is 0 Å². The van der Waals surface area contributed by atoms with Crippen molar-refractivity contribution >= 4 is 0 Å². The number of hydrogen-bond acceptors (Lipinski definition) is 1. The Hall–Kier alpha value is -0.0400. The van der Waals surface area contributed by atoms with Gasteiger partial charge in [-0.1, -0.05) is 40.0 Å².